The second-order valence-electron chi connectivity index (χ2n) is 5.19. The third-order valence-electron chi connectivity index (χ3n) is 3.27. The van der Waals surface area contributed by atoms with Crippen LogP contribution in [0, 0.1) is 6.92 Å². The molecular weight excluding hydrogens is 317 g/mol. The lowest BCUT2D eigenvalue weighted by molar-refractivity contribution is -0.595. The summed E-state index contributed by atoms with van der Waals surface area (Å²) in [6, 6.07) is 23.3. The lowest BCUT2D eigenvalue weighted by Crippen LogP contribution is -2.28. The van der Waals surface area contributed by atoms with Crippen molar-refractivity contribution in [2.45, 2.75) is 6.92 Å². The predicted molar refractivity (Wildman–Crippen MR) is 88.3 cm³/mol. The van der Waals surface area contributed by atoms with Gasteiger partial charge in [0.1, 0.15) is 0 Å². The standard InChI is InChI=1S/C18H16N.BF4/c1-15-7-9-18(10-8-15)19-13-11-17(12-14-19)16-5-3-2-4-6-16;2-1(3,4)5/h2-14H,1H3;/q+1;-1. The molecule has 24 heavy (non-hydrogen) atoms. The van der Waals surface area contributed by atoms with E-state index < -0.39 is 7.25 Å². The lowest BCUT2D eigenvalue weighted by atomic mass is 10.1. The highest BCUT2D eigenvalue weighted by molar-refractivity contribution is 6.50. The van der Waals surface area contributed by atoms with Gasteiger partial charge in [-0.3, -0.25) is 0 Å². The van der Waals surface area contributed by atoms with E-state index in [0.717, 1.165) is 0 Å². The Labute approximate surface area is 138 Å². The van der Waals surface area contributed by atoms with Crippen molar-refractivity contribution in [2.24, 2.45) is 0 Å². The fraction of sp³-hybridized carbons (Fsp3) is 0.0556. The molecule has 0 aliphatic heterocycles. The van der Waals surface area contributed by atoms with E-state index in [2.05, 4.69) is 84.5 Å². The number of halogens is 4. The zero-order valence-corrected chi connectivity index (χ0v) is 13.0. The SMILES string of the molecule is Cc1ccc(-[n+]2ccc(-c3ccccc3)cc2)cc1.F[B-](F)(F)F. The van der Waals surface area contributed by atoms with Crippen LogP contribution in [0.1, 0.15) is 5.56 Å². The number of pyridine rings is 1. The van der Waals surface area contributed by atoms with Crippen LogP contribution in [0.2, 0.25) is 0 Å². The summed E-state index contributed by atoms with van der Waals surface area (Å²) in [5, 5.41) is 0. The van der Waals surface area contributed by atoms with Crippen LogP contribution >= 0.6 is 0 Å². The van der Waals surface area contributed by atoms with Gasteiger partial charge < -0.3 is 17.3 Å². The zero-order valence-electron chi connectivity index (χ0n) is 13.0. The number of rotatable bonds is 2. The molecule has 1 aromatic heterocycles. The van der Waals surface area contributed by atoms with Gasteiger partial charge in [-0.25, -0.2) is 0 Å². The van der Waals surface area contributed by atoms with Crippen molar-refractivity contribution in [2.75, 3.05) is 0 Å². The first-order valence-corrected chi connectivity index (χ1v) is 7.34. The van der Waals surface area contributed by atoms with Crippen LogP contribution in [0.5, 0.6) is 0 Å². The molecule has 3 aromatic rings. The number of nitrogens with zero attached hydrogens (tertiary/aromatic N) is 1. The van der Waals surface area contributed by atoms with Crippen LogP contribution in [-0.2, 0) is 0 Å². The van der Waals surface area contributed by atoms with E-state index in [4.69, 9.17) is 0 Å². The van der Waals surface area contributed by atoms with Gasteiger partial charge >= 0.3 is 7.25 Å². The molecule has 0 fully saturated rings. The molecule has 0 radical (unpaired) electrons. The Kier molecular flexibility index (Phi) is 5.74. The van der Waals surface area contributed by atoms with Gasteiger partial charge in [-0.05, 0) is 18.1 Å². The average Bonchev–Trinajstić information content (AvgIpc) is 2.55. The molecule has 2 aromatic carbocycles. The van der Waals surface area contributed by atoms with Crippen molar-refractivity contribution in [3.8, 4) is 16.8 Å². The Morgan fingerprint density at radius 1 is 0.667 bits per heavy atom. The maximum Gasteiger partial charge on any atom is 0.673 e. The first-order valence-electron chi connectivity index (χ1n) is 7.34. The van der Waals surface area contributed by atoms with Crippen LogP contribution in [0.3, 0.4) is 0 Å². The Morgan fingerprint density at radius 3 is 1.62 bits per heavy atom. The molecule has 0 amide bonds. The maximum absolute atomic E-state index is 9.75. The molecule has 0 spiro atoms. The molecule has 1 nitrogen and oxygen atoms in total. The maximum atomic E-state index is 9.75. The highest BCUT2D eigenvalue weighted by Crippen LogP contribution is 2.17. The Morgan fingerprint density at radius 2 is 1.12 bits per heavy atom. The molecule has 0 N–H and O–H groups in total. The number of hydrogen-bond acceptors (Lipinski definition) is 0. The van der Waals surface area contributed by atoms with E-state index in [9.17, 15) is 17.3 Å². The van der Waals surface area contributed by atoms with Gasteiger partial charge in [0.25, 0.3) is 0 Å². The van der Waals surface area contributed by atoms with Crippen molar-refractivity contribution in [3.05, 3.63) is 84.7 Å². The average molecular weight is 333 g/mol. The molecule has 0 bridgehead atoms. The second kappa shape index (κ2) is 7.77. The minimum absolute atomic E-state index is 1.19. The summed E-state index contributed by atoms with van der Waals surface area (Å²) in [4.78, 5) is 0. The van der Waals surface area contributed by atoms with Crippen molar-refractivity contribution in [1.82, 2.24) is 0 Å². The zero-order chi connectivity index (χ0) is 17.6. The summed E-state index contributed by atoms with van der Waals surface area (Å²) >= 11 is 0. The Balaban J connectivity index is 0.000000368. The van der Waals surface area contributed by atoms with E-state index >= 15 is 0 Å². The summed E-state index contributed by atoms with van der Waals surface area (Å²) in [5.74, 6) is 0. The van der Waals surface area contributed by atoms with E-state index in [1.165, 1.54) is 22.4 Å². The summed E-state index contributed by atoms with van der Waals surface area (Å²) in [5.41, 5.74) is 4.96. The van der Waals surface area contributed by atoms with Crippen LogP contribution in [-0.4, -0.2) is 7.25 Å². The molecule has 0 saturated heterocycles. The first-order chi connectivity index (χ1) is 11.3. The smallest absolute Gasteiger partial charge is 0.418 e. The molecule has 0 atom stereocenters. The Hall–Kier alpha value is -2.63. The lowest BCUT2D eigenvalue weighted by Gasteiger charge is -2.01. The highest BCUT2D eigenvalue weighted by Gasteiger charge is 2.20. The van der Waals surface area contributed by atoms with Gasteiger partial charge in [0.05, 0.1) is 0 Å². The van der Waals surface area contributed by atoms with Gasteiger partial charge in [-0.2, -0.15) is 4.57 Å². The Bertz CT molecular complexity index is 748. The van der Waals surface area contributed by atoms with E-state index in [-0.39, 0.29) is 0 Å². The van der Waals surface area contributed by atoms with Crippen LogP contribution in [0.15, 0.2) is 79.1 Å². The first kappa shape index (κ1) is 17.7. The summed E-state index contributed by atoms with van der Waals surface area (Å²) in [6.07, 6.45) is 4.21. The minimum atomic E-state index is -6.00. The number of aryl methyl sites for hydroxylation is 1. The molecule has 6 heteroatoms. The van der Waals surface area contributed by atoms with Gasteiger partial charge in [0.2, 0.25) is 5.69 Å². The normalized spacial score (nSPS) is 10.7. The van der Waals surface area contributed by atoms with Crippen molar-refractivity contribution in [3.63, 3.8) is 0 Å². The summed E-state index contributed by atoms with van der Waals surface area (Å²) in [6.45, 7) is 2.10. The van der Waals surface area contributed by atoms with Gasteiger partial charge in [-0.1, -0.05) is 48.0 Å². The van der Waals surface area contributed by atoms with Crippen LogP contribution < -0.4 is 4.57 Å². The topological polar surface area (TPSA) is 3.88 Å². The van der Waals surface area contributed by atoms with Gasteiger partial charge in [0.15, 0.2) is 12.4 Å². The third-order valence-corrected chi connectivity index (χ3v) is 3.27. The molecule has 1 heterocycles. The molecule has 124 valence electrons. The molecular formula is C18H16BF4N. The van der Waals surface area contributed by atoms with E-state index in [1.54, 1.807) is 0 Å². The number of hydrogen-bond donors (Lipinski definition) is 0. The molecule has 0 aliphatic carbocycles. The summed E-state index contributed by atoms with van der Waals surface area (Å²) < 4.78 is 41.1. The number of aromatic nitrogens is 1. The summed E-state index contributed by atoms with van der Waals surface area (Å²) in [7, 11) is -6.00. The number of benzene rings is 2. The quantitative estimate of drug-likeness (QED) is 0.343. The highest BCUT2D eigenvalue weighted by atomic mass is 19.5. The van der Waals surface area contributed by atoms with E-state index in [1.807, 2.05) is 6.07 Å². The third kappa shape index (κ3) is 5.87. The van der Waals surface area contributed by atoms with Crippen LogP contribution in [0.4, 0.5) is 17.3 Å². The predicted octanol–water partition coefficient (Wildman–Crippen LogP) is 5.24. The van der Waals surface area contributed by atoms with Crippen molar-refractivity contribution >= 4 is 7.25 Å². The second-order valence-corrected chi connectivity index (χ2v) is 5.19. The molecule has 3 rings (SSSR count). The van der Waals surface area contributed by atoms with Crippen molar-refractivity contribution < 1.29 is 21.8 Å². The van der Waals surface area contributed by atoms with Gasteiger partial charge in [0, 0.05) is 24.3 Å². The largest absolute Gasteiger partial charge is 0.673 e. The fourth-order valence-electron chi connectivity index (χ4n) is 2.14. The molecule has 0 saturated carbocycles. The van der Waals surface area contributed by atoms with Gasteiger partial charge in [-0.15, -0.1) is 0 Å². The minimum Gasteiger partial charge on any atom is -0.418 e. The fourth-order valence-corrected chi connectivity index (χ4v) is 2.14. The van der Waals surface area contributed by atoms with Crippen molar-refractivity contribution in [1.29, 1.82) is 0 Å². The molecule has 0 unspecified atom stereocenters. The van der Waals surface area contributed by atoms with Crippen LogP contribution in [0.25, 0.3) is 16.8 Å². The molecule has 0 aliphatic rings. The van der Waals surface area contributed by atoms with E-state index in [0.29, 0.717) is 0 Å². The monoisotopic (exact) mass is 333 g/mol.